The van der Waals surface area contributed by atoms with E-state index in [1.54, 1.807) is 0 Å². The molecule has 3 nitrogen and oxygen atoms in total. The third-order valence-electron chi connectivity index (χ3n) is 4.16. The maximum Gasteiger partial charge on any atom is 0.0477 e. The number of piperidine rings is 1. The van der Waals surface area contributed by atoms with Crippen molar-refractivity contribution in [2.75, 3.05) is 13.6 Å². The molecule has 1 aromatic heterocycles. The zero-order chi connectivity index (χ0) is 12.7. The van der Waals surface area contributed by atoms with E-state index in [-0.39, 0.29) is 0 Å². The summed E-state index contributed by atoms with van der Waals surface area (Å²) in [7, 11) is 4.27. The molecule has 3 heteroatoms. The molecule has 2 aromatic rings. The zero-order valence-corrected chi connectivity index (χ0v) is 11.1. The molecule has 2 unspecified atom stereocenters. The fraction of sp³-hybridized carbons (Fsp3) is 0.467. The molecule has 0 spiro atoms. The van der Waals surface area contributed by atoms with Crippen LogP contribution >= 0.6 is 0 Å². The summed E-state index contributed by atoms with van der Waals surface area (Å²) in [4.78, 5) is 2.39. The van der Waals surface area contributed by atoms with E-state index in [0.29, 0.717) is 12.1 Å². The molecule has 18 heavy (non-hydrogen) atoms. The molecule has 0 amide bonds. The molecule has 2 atom stereocenters. The summed E-state index contributed by atoms with van der Waals surface area (Å²) in [6, 6.07) is 9.87. The highest BCUT2D eigenvalue weighted by atomic mass is 15.1. The lowest BCUT2D eigenvalue weighted by Gasteiger charge is -2.36. The maximum atomic E-state index is 6.01. The van der Waals surface area contributed by atoms with Crippen LogP contribution in [-0.4, -0.2) is 29.1 Å². The van der Waals surface area contributed by atoms with Crippen molar-refractivity contribution in [3.8, 4) is 0 Å². The Hall–Kier alpha value is -1.32. The normalized spacial score (nSPS) is 25.7. The molecule has 1 aliphatic heterocycles. The number of fused-ring (bicyclic) bond motifs is 1. The predicted octanol–water partition coefficient (Wildman–Crippen LogP) is 2.27. The summed E-state index contributed by atoms with van der Waals surface area (Å²) in [6.45, 7) is 0.998. The minimum atomic E-state index is 0.340. The molecule has 1 aromatic carbocycles. The average molecular weight is 243 g/mol. The van der Waals surface area contributed by atoms with Crippen molar-refractivity contribution in [1.82, 2.24) is 9.47 Å². The lowest BCUT2D eigenvalue weighted by molar-refractivity contribution is 0.170. The molecule has 0 saturated carbocycles. The van der Waals surface area contributed by atoms with Gasteiger partial charge in [-0.2, -0.15) is 0 Å². The highest BCUT2D eigenvalue weighted by Crippen LogP contribution is 2.31. The topological polar surface area (TPSA) is 34.2 Å². The second-order valence-electron chi connectivity index (χ2n) is 5.54. The number of likely N-dealkylation sites (N-methyl/N-ethyl adjacent to an activating group) is 1. The van der Waals surface area contributed by atoms with Crippen LogP contribution in [0.1, 0.15) is 24.4 Å². The third kappa shape index (κ3) is 1.93. The molecular formula is C15H21N3. The SMILES string of the molecule is CN1CC(N)CCC1c1ccc2c(ccn2C)c1. The first-order valence-corrected chi connectivity index (χ1v) is 6.66. The van der Waals surface area contributed by atoms with E-state index in [9.17, 15) is 0 Å². The number of aromatic nitrogens is 1. The van der Waals surface area contributed by atoms with Crippen molar-refractivity contribution in [2.45, 2.75) is 24.9 Å². The molecule has 96 valence electrons. The van der Waals surface area contributed by atoms with Gasteiger partial charge in [-0.05, 0) is 49.0 Å². The first kappa shape index (κ1) is 11.8. The van der Waals surface area contributed by atoms with E-state index < -0.39 is 0 Å². The number of nitrogens with zero attached hydrogens (tertiary/aromatic N) is 2. The Labute approximate surface area is 108 Å². The van der Waals surface area contributed by atoms with Gasteiger partial charge in [0.15, 0.2) is 0 Å². The fourth-order valence-electron chi connectivity index (χ4n) is 3.11. The molecule has 0 aliphatic carbocycles. The van der Waals surface area contributed by atoms with Gasteiger partial charge in [0.25, 0.3) is 0 Å². The second kappa shape index (κ2) is 4.41. The molecule has 1 saturated heterocycles. The summed E-state index contributed by atoms with van der Waals surface area (Å²) in [5.41, 5.74) is 8.73. The van der Waals surface area contributed by atoms with Crippen LogP contribution in [0.25, 0.3) is 10.9 Å². The van der Waals surface area contributed by atoms with Crippen molar-refractivity contribution in [3.05, 3.63) is 36.0 Å². The van der Waals surface area contributed by atoms with Crippen LogP contribution in [0, 0.1) is 0 Å². The number of likely N-dealkylation sites (tertiary alicyclic amines) is 1. The first-order valence-electron chi connectivity index (χ1n) is 6.66. The first-order chi connectivity index (χ1) is 8.65. The van der Waals surface area contributed by atoms with Gasteiger partial charge in [0.1, 0.15) is 0 Å². The molecule has 0 radical (unpaired) electrons. The number of nitrogens with two attached hydrogens (primary N) is 1. The summed E-state index contributed by atoms with van der Waals surface area (Å²) in [5, 5.41) is 1.33. The van der Waals surface area contributed by atoms with Gasteiger partial charge in [-0.1, -0.05) is 6.07 Å². The van der Waals surface area contributed by atoms with Crippen molar-refractivity contribution in [2.24, 2.45) is 12.8 Å². The average Bonchev–Trinajstić information content (AvgIpc) is 2.71. The molecule has 2 heterocycles. The highest BCUT2D eigenvalue weighted by molar-refractivity contribution is 5.80. The van der Waals surface area contributed by atoms with Gasteiger partial charge in [-0.15, -0.1) is 0 Å². The zero-order valence-electron chi connectivity index (χ0n) is 11.1. The van der Waals surface area contributed by atoms with E-state index in [4.69, 9.17) is 5.73 Å². The van der Waals surface area contributed by atoms with E-state index in [1.165, 1.54) is 16.5 Å². The van der Waals surface area contributed by atoms with Crippen LogP contribution in [0.5, 0.6) is 0 Å². The Morgan fingerprint density at radius 1 is 1.17 bits per heavy atom. The summed E-state index contributed by atoms with van der Waals surface area (Å²) >= 11 is 0. The Bertz CT molecular complexity index is 558. The highest BCUT2D eigenvalue weighted by Gasteiger charge is 2.24. The van der Waals surface area contributed by atoms with Crippen LogP contribution in [0.3, 0.4) is 0 Å². The summed E-state index contributed by atoms with van der Waals surface area (Å²) < 4.78 is 2.17. The van der Waals surface area contributed by atoms with Crippen molar-refractivity contribution in [1.29, 1.82) is 0 Å². The quantitative estimate of drug-likeness (QED) is 0.833. The monoisotopic (exact) mass is 243 g/mol. The third-order valence-corrected chi connectivity index (χ3v) is 4.16. The summed E-state index contributed by atoms with van der Waals surface area (Å²) in [6.07, 6.45) is 4.41. The van der Waals surface area contributed by atoms with Crippen molar-refractivity contribution >= 4 is 10.9 Å². The predicted molar refractivity (Wildman–Crippen MR) is 75.5 cm³/mol. The summed E-state index contributed by atoms with van der Waals surface area (Å²) in [5.74, 6) is 0. The Balaban J connectivity index is 1.94. The van der Waals surface area contributed by atoms with Crippen LogP contribution in [0.2, 0.25) is 0 Å². The lowest BCUT2D eigenvalue weighted by atomic mass is 9.93. The van der Waals surface area contributed by atoms with Crippen molar-refractivity contribution < 1.29 is 0 Å². The number of benzene rings is 1. The molecule has 0 bridgehead atoms. The number of hydrogen-bond donors (Lipinski definition) is 1. The Morgan fingerprint density at radius 3 is 2.78 bits per heavy atom. The van der Waals surface area contributed by atoms with Gasteiger partial charge >= 0.3 is 0 Å². The van der Waals surface area contributed by atoms with Gasteiger partial charge in [-0.3, -0.25) is 4.90 Å². The van der Waals surface area contributed by atoms with Crippen LogP contribution in [-0.2, 0) is 7.05 Å². The number of rotatable bonds is 1. The fourth-order valence-corrected chi connectivity index (χ4v) is 3.11. The van der Waals surface area contributed by atoms with Gasteiger partial charge in [-0.25, -0.2) is 0 Å². The minimum absolute atomic E-state index is 0.340. The Kier molecular flexibility index (Phi) is 2.88. The Morgan fingerprint density at radius 2 is 2.00 bits per heavy atom. The van der Waals surface area contributed by atoms with E-state index in [2.05, 4.69) is 54.0 Å². The smallest absolute Gasteiger partial charge is 0.0477 e. The standard InChI is InChI=1S/C15H21N3/c1-17-8-7-12-9-11(3-5-14(12)17)15-6-4-13(16)10-18(15)2/h3,5,7-9,13,15H,4,6,10,16H2,1-2H3. The van der Waals surface area contributed by atoms with Crippen molar-refractivity contribution in [3.63, 3.8) is 0 Å². The largest absolute Gasteiger partial charge is 0.351 e. The number of aryl methyl sites for hydroxylation is 1. The van der Waals surface area contributed by atoms with E-state index >= 15 is 0 Å². The molecule has 2 N–H and O–H groups in total. The maximum absolute atomic E-state index is 6.01. The van der Waals surface area contributed by atoms with Gasteiger partial charge in [0.05, 0.1) is 0 Å². The molecule has 1 aliphatic rings. The molecular weight excluding hydrogens is 222 g/mol. The minimum Gasteiger partial charge on any atom is -0.351 e. The van der Waals surface area contributed by atoms with Gasteiger partial charge in [0.2, 0.25) is 0 Å². The second-order valence-corrected chi connectivity index (χ2v) is 5.54. The van der Waals surface area contributed by atoms with E-state index in [1.807, 2.05) is 0 Å². The van der Waals surface area contributed by atoms with Gasteiger partial charge < -0.3 is 10.3 Å². The van der Waals surface area contributed by atoms with Crippen LogP contribution in [0.15, 0.2) is 30.5 Å². The van der Waals surface area contributed by atoms with Crippen LogP contribution in [0.4, 0.5) is 0 Å². The molecule has 1 fully saturated rings. The molecule has 3 rings (SSSR count). The van der Waals surface area contributed by atoms with E-state index in [0.717, 1.165) is 19.4 Å². The van der Waals surface area contributed by atoms with Crippen LogP contribution < -0.4 is 5.73 Å². The lowest BCUT2D eigenvalue weighted by Crippen LogP contribution is -2.42. The number of hydrogen-bond acceptors (Lipinski definition) is 2. The van der Waals surface area contributed by atoms with Gasteiger partial charge in [0, 0.05) is 37.4 Å².